The first-order chi connectivity index (χ1) is 12.6. The van der Waals surface area contributed by atoms with Gasteiger partial charge in [0.15, 0.2) is 5.78 Å². The zero-order valence-corrected chi connectivity index (χ0v) is 16.4. The van der Waals surface area contributed by atoms with Crippen LogP contribution in [0.4, 0.5) is 10.5 Å². The molecule has 3 N–H and O–H groups in total. The van der Waals surface area contributed by atoms with Crippen LogP contribution in [0.1, 0.15) is 49.2 Å². The number of carbonyl (C=O) groups excluding carboxylic acids is 2. The van der Waals surface area contributed by atoms with Gasteiger partial charge in [0.05, 0.1) is 16.3 Å². The number of oxime groups is 1. The van der Waals surface area contributed by atoms with E-state index in [0.717, 1.165) is 11.1 Å². The molecule has 0 aliphatic heterocycles. The zero-order chi connectivity index (χ0) is 20.2. The van der Waals surface area contributed by atoms with Crippen molar-refractivity contribution >= 4 is 34.8 Å². The Morgan fingerprint density at radius 3 is 2.44 bits per heavy atom. The van der Waals surface area contributed by atoms with Crippen molar-refractivity contribution in [1.82, 2.24) is 5.32 Å². The maximum Gasteiger partial charge on any atom is 0.319 e. The summed E-state index contributed by atoms with van der Waals surface area (Å²) in [7, 11) is 0. The van der Waals surface area contributed by atoms with Crippen LogP contribution in [0.25, 0.3) is 0 Å². The van der Waals surface area contributed by atoms with Gasteiger partial charge in [-0.25, -0.2) is 4.79 Å². The number of halogens is 1. The van der Waals surface area contributed by atoms with Crippen LogP contribution >= 0.6 is 11.6 Å². The largest absolute Gasteiger partial charge is 0.411 e. The highest BCUT2D eigenvalue weighted by Gasteiger charge is 2.23. The van der Waals surface area contributed by atoms with Crippen LogP contribution in [-0.4, -0.2) is 22.7 Å². The second-order valence-electron chi connectivity index (χ2n) is 6.72. The summed E-state index contributed by atoms with van der Waals surface area (Å²) in [5, 5.41) is 18.1. The van der Waals surface area contributed by atoms with Crippen molar-refractivity contribution in [3.63, 3.8) is 0 Å². The Kier molecular flexibility index (Phi) is 6.23. The molecular formula is C20H22ClN3O3. The standard InChI is InChI=1S/C20H22ClN3O3/c1-12(24-27)14-6-5-7-15(10-14)20(3,4)23-19(26)22-16-8-9-18(21)17(11-16)13(2)25/h5-11,27H,1-4H3,(H2,22,23,26)/b24-12+. The molecule has 6 nitrogen and oxygen atoms in total. The molecule has 2 amide bonds. The highest BCUT2D eigenvalue weighted by atomic mass is 35.5. The van der Waals surface area contributed by atoms with E-state index in [2.05, 4.69) is 15.8 Å². The second-order valence-corrected chi connectivity index (χ2v) is 7.13. The van der Waals surface area contributed by atoms with E-state index in [4.69, 9.17) is 16.8 Å². The topological polar surface area (TPSA) is 90.8 Å². The van der Waals surface area contributed by atoms with Gasteiger partial charge in [-0.3, -0.25) is 4.79 Å². The summed E-state index contributed by atoms with van der Waals surface area (Å²) in [6.07, 6.45) is 0. The molecule has 0 bridgehead atoms. The molecule has 27 heavy (non-hydrogen) atoms. The van der Waals surface area contributed by atoms with E-state index >= 15 is 0 Å². The fraction of sp³-hybridized carbons (Fsp3) is 0.250. The molecular weight excluding hydrogens is 366 g/mol. The number of nitrogens with zero attached hydrogens (tertiary/aromatic N) is 1. The number of rotatable bonds is 5. The number of anilines is 1. The van der Waals surface area contributed by atoms with Gasteiger partial charge in [0.1, 0.15) is 0 Å². The minimum Gasteiger partial charge on any atom is -0.411 e. The van der Waals surface area contributed by atoms with Gasteiger partial charge in [-0.15, -0.1) is 0 Å². The van der Waals surface area contributed by atoms with Crippen molar-refractivity contribution in [2.45, 2.75) is 33.2 Å². The number of urea groups is 1. The van der Waals surface area contributed by atoms with E-state index in [9.17, 15) is 9.59 Å². The lowest BCUT2D eigenvalue weighted by Crippen LogP contribution is -2.43. The molecule has 0 fully saturated rings. The number of hydrogen-bond acceptors (Lipinski definition) is 4. The molecule has 0 atom stereocenters. The van der Waals surface area contributed by atoms with E-state index in [1.165, 1.54) is 6.92 Å². The first kappa shape index (κ1) is 20.5. The zero-order valence-electron chi connectivity index (χ0n) is 15.6. The van der Waals surface area contributed by atoms with Crippen molar-refractivity contribution < 1.29 is 14.8 Å². The molecule has 0 spiro atoms. The lowest BCUT2D eigenvalue weighted by atomic mass is 9.92. The summed E-state index contributed by atoms with van der Waals surface area (Å²) in [5.41, 5.74) is 2.21. The number of Topliss-reactive ketones (excluding diaryl/α,β-unsaturated/α-hetero) is 1. The third-order valence-corrected chi connectivity index (χ3v) is 4.51. The summed E-state index contributed by atoms with van der Waals surface area (Å²) in [6, 6.07) is 11.7. The molecule has 2 rings (SSSR count). The number of nitrogens with one attached hydrogen (secondary N) is 2. The minimum atomic E-state index is -0.689. The van der Waals surface area contributed by atoms with Gasteiger partial charge in [-0.2, -0.15) is 0 Å². The molecule has 0 aromatic heterocycles. The van der Waals surface area contributed by atoms with Gasteiger partial charge >= 0.3 is 6.03 Å². The van der Waals surface area contributed by atoms with Gasteiger partial charge in [-0.1, -0.05) is 35.0 Å². The number of ketones is 1. The maximum absolute atomic E-state index is 12.4. The third-order valence-electron chi connectivity index (χ3n) is 4.18. The summed E-state index contributed by atoms with van der Waals surface area (Å²) in [6.45, 7) is 6.83. The molecule has 142 valence electrons. The lowest BCUT2D eigenvalue weighted by molar-refractivity contribution is 0.101. The average Bonchev–Trinajstić information content (AvgIpc) is 2.62. The molecule has 0 saturated heterocycles. The van der Waals surface area contributed by atoms with Crippen LogP contribution in [0, 0.1) is 0 Å². The van der Waals surface area contributed by atoms with Gasteiger partial charge in [0.2, 0.25) is 0 Å². The minimum absolute atomic E-state index is 0.179. The molecule has 0 aliphatic carbocycles. The Morgan fingerprint density at radius 2 is 1.81 bits per heavy atom. The van der Waals surface area contributed by atoms with Gasteiger partial charge in [0, 0.05) is 11.3 Å². The summed E-state index contributed by atoms with van der Waals surface area (Å²) >= 11 is 5.99. The summed E-state index contributed by atoms with van der Waals surface area (Å²) in [4.78, 5) is 24.0. The molecule has 2 aromatic carbocycles. The van der Waals surface area contributed by atoms with Crippen LogP contribution in [0.15, 0.2) is 47.6 Å². The summed E-state index contributed by atoms with van der Waals surface area (Å²) < 4.78 is 0. The van der Waals surface area contributed by atoms with Crippen LogP contribution in [0.5, 0.6) is 0 Å². The van der Waals surface area contributed by atoms with Crippen molar-refractivity contribution in [2.24, 2.45) is 5.16 Å². The first-order valence-corrected chi connectivity index (χ1v) is 8.71. The Morgan fingerprint density at radius 1 is 1.11 bits per heavy atom. The molecule has 0 radical (unpaired) electrons. The fourth-order valence-electron chi connectivity index (χ4n) is 2.58. The lowest BCUT2D eigenvalue weighted by Gasteiger charge is -2.27. The van der Waals surface area contributed by atoms with Crippen molar-refractivity contribution in [1.29, 1.82) is 0 Å². The predicted molar refractivity (Wildman–Crippen MR) is 107 cm³/mol. The molecule has 2 aromatic rings. The molecule has 0 saturated carbocycles. The normalized spacial score (nSPS) is 11.8. The molecule has 0 unspecified atom stereocenters. The molecule has 7 heteroatoms. The van der Waals surface area contributed by atoms with Gasteiger partial charge in [-0.05, 0) is 63.1 Å². The Hall–Kier alpha value is -2.86. The Bertz CT molecular complexity index is 907. The van der Waals surface area contributed by atoms with Crippen molar-refractivity contribution in [3.8, 4) is 0 Å². The maximum atomic E-state index is 12.4. The average molecular weight is 388 g/mol. The van der Waals surface area contributed by atoms with E-state index < -0.39 is 11.6 Å². The van der Waals surface area contributed by atoms with E-state index in [-0.39, 0.29) is 5.78 Å². The Balaban J connectivity index is 2.17. The number of amides is 2. The van der Waals surface area contributed by atoms with Crippen molar-refractivity contribution in [2.75, 3.05) is 5.32 Å². The Labute approximate surface area is 163 Å². The monoisotopic (exact) mass is 387 g/mol. The smallest absolute Gasteiger partial charge is 0.319 e. The summed E-state index contributed by atoms with van der Waals surface area (Å²) in [5.74, 6) is -0.179. The second kappa shape index (κ2) is 8.22. The number of hydrogen-bond donors (Lipinski definition) is 3. The third kappa shape index (κ3) is 5.08. The fourth-order valence-corrected chi connectivity index (χ4v) is 2.83. The highest BCUT2D eigenvalue weighted by Crippen LogP contribution is 2.23. The van der Waals surface area contributed by atoms with Crippen molar-refractivity contribution in [3.05, 3.63) is 64.2 Å². The van der Waals surface area contributed by atoms with E-state index in [1.54, 1.807) is 25.1 Å². The number of benzene rings is 2. The highest BCUT2D eigenvalue weighted by molar-refractivity contribution is 6.34. The van der Waals surface area contributed by atoms with Gasteiger partial charge < -0.3 is 15.8 Å². The van der Waals surface area contributed by atoms with Gasteiger partial charge in [0.25, 0.3) is 0 Å². The molecule has 0 heterocycles. The van der Waals surface area contributed by atoms with E-state index in [1.807, 2.05) is 38.1 Å². The van der Waals surface area contributed by atoms with Crippen LogP contribution in [-0.2, 0) is 5.54 Å². The quantitative estimate of drug-likeness (QED) is 0.298. The first-order valence-electron chi connectivity index (χ1n) is 8.33. The van der Waals surface area contributed by atoms with E-state index in [0.29, 0.717) is 22.0 Å². The van der Waals surface area contributed by atoms with Crippen LogP contribution in [0.2, 0.25) is 5.02 Å². The van der Waals surface area contributed by atoms with Crippen LogP contribution < -0.4 is 10.6 Å². The molecule has 0 aliphatic rings. The van der Waals surface area contributed by atoms with Crippen LogP contribution in [0.3, 0.4) is 0 Å². The predicted octanol–water partition coefficient (Wildman–Crippen LogP) is 4.80. The SMILES string of the molecule is CC(=O)c1cc(NC(=O)NC(C)(C)c2cccc(/C(C)=N/O)c2)ccc1Cl. The number of carbonyl (C=O) groups is 2.